The van der Waals surface area contributed by atoms with Crippen molar-refractivity contribution in [3.63, 3.8) is 0 Å². The second-order valence-corrected chi connectivity index (χ2v) is 6.95. The molecule has 0 bridgehead atoms. The number of anilines is 1. The molecule has 0 spiro atoms. The van der Waals surface area contributed by atoms with Crippen molar-refractivity contribution in [3.8, 4) is 0 Å². The number of carbonyl (C=O) groups excluding carboxylic acids is 2. The molecular weight excluding hydrogens is 338 g/mol. The fourth-order valence-corrected chi connectivity index (χ4v) is 3.68. The van der Waals surface area contributed by atoms with E-state index in [1.807, 2.05) is 36.1 Å². The molecule has 1 fully saturated rings. The van der Waals surface area contributed by atoms with Gasteiger partial charge in [0.1, 0.15) is 5.69 Å². The maximum Gasteiger partial charge on any atom is 0.274 e. The van der Waals surface area contributed by atoms with Crippen LogP contribution in [0.4, 0.5) is 5.69 Å². The average molecular weight is 365 g/mol. The van der Waals surface area contributed by atoms with Crippen LogP contribution in [0.5, 0.6) is 0 Å². The van der Waals surface area contributed by atoms with E-state index in [0.717, 1.165) is 43.5 Å². The summed E-state index contributed by atoms with van der Waals surface area (Å²) in [7, 11) is 0. The van der Waals surface area contributed by atoms with Crippen LogP contribution >= 0.6 is 0 Å². The van der Waals surface area contributed by atoms with Crippen molar-refractivity contribution in [3.05, 3.63) is 59.4 Å². The van der Waals surface area contributed by atoms with Crippen molar-refractivity contribution in [2.75, 3.05) is 11.9 Å². The molecule has 1 atom stereocenters. The smallest absolute Gasteiger partial charge is 0.274 e. The van der Waals surface area contributed by atoms with Gasteiger partial charge in [-0.1, -0.05) is 32.0 Å². The maximum atomic E-state index is 13.0. The number of aryl methyl sites for hydroxylation is 1. The zero-order valence-electron chi connectivity index (χ0n) is 16.1. The predicted octanol–water partition coefficient (Wildman–Crippen LogP) is 4.30. The maximum absolute atomic E-state index is 13.0. The minimum Gasteiger partial charge on any atom is -0.336 e. The van der Waals surface area contributed by atoms with E-state index < -0.39 is 0 Å². The van der Waals surface area contributed by atoms with Crippen LogP contribution in [-0.2, 0) is 6.42 Å². The number of hydrogen-bond acceptors (Lipinski definition) is 3. The monoisotopic (exact) mass is 365 g/mol. The molecule has 1 saturated heterocycles. The Morgan fingerprint density at radius 3 is 2.78 bits per heavy atom. The molecule has 0 radical (unpaired) electrons. The van der Waals surface area contributed by atoms with Gasteiger partial charge in [0.2, 0.25) is 0 Å². The number of para-hydroxylation sites is 1. The first kappa shape index (κ1) is 19.1. The first-order valence-corrected chi connectivity index (χ1v) is 9.80. The molecule has 27 heavy (non-hydrogen) atoms. The number of aromatic nitrogens is 1. The van der Waals surface area contributed by atoms with Crippen LogP contribution in [0.15, 0.2) is 42.6 Å². The number of benzene rings is 1. The van der Waals surface area contributed by atoms with Gasteiger partial charge in [0.05, 0.1) is 0 Å². The van der Waals surface area contributed by atoms with Gasteiger partial charge in [-0.2, -0.15) is 0 Å². The summed E-state index contributed by atoms with van der Waals surface area (Å²) < 4.78 is 0. The van der Waals surface area contributed by atoms with Crippen molar-refractivity contribution in [1.82, 2.24) is 9.88 Å². The zero-order valence-corrected chi connectivity index (χ0v) is 16.1. The van der Waals surface area contributed by atoms with Crippen LogP contribution in [0, 0.1) is 0 Å². The topological polar surface area (TPSA) is 62.3 Å². The van der Waals surface area contributed by atoms with E-state index >= 15 is 0 Å². The minimum absolute atomic E-state index is 0.00745. The van der Waals surface area contributed by atoms with E-state index in [0.29, 0.717) is 5.56 Å². The summed E-state index contributed by atoms with van der Waals surface area (Å²) in [6.45, 7) is 4.95. The molecule has 1 aromatic carbocycles. The molecule has 2 heterocycles. The predicted molar refractivity (Wildman–Crippen MR) is 107 cm³/mol. The number of piperidine rings is 1. The third-order valence-corrected chi connectivity index (χ3v) is 5.25. The summed E-state index contributed by atoms with van der Waals surface area (Å²) in [5.41, 5.74) is 2.64. The Bertz CT molecular complexity index is 819. The summed E-state index contributed by atoms with van der Waals surface area (Å²) in [4.78, 5) is 31.8. The third-order valence-electron chi connectivity index (χ3n) is 5.25. The second-order valence-electron chi connectivity index (χ2n) is 6.95. The van der Waals surface area contributed by atoms with E-state index in [9.17, 15) is 9.59 Å². The van der Waals surface area contributed by atoms with E-state index in [1.54, 1.807) is 18.3 Å². The van der Waals surface area contributed by atoms with Gasteiger partial charge in [-0.05, 0) is 55.9 Å². The molecule has 2 aromatic rings. The molecule has 5 heteroatoms. The Morgan fingerprint density at radius 1 is 1.19 bits per heavy atom. The Kier molecular flexibility index (Phi) is 6.22. The molecule has 1 N–H and O–H groups in total. The van der Waals surface area contributed by atoms with Crippen molar-refractivity contribution >= 4 is 17.5 Å². The van der Waals surface area contributed by atoms with Gasteiger partial charge in [-0.25, -0.2) is 0 Å². The van der Waals surface area contributed by atoms with Crippen LogP contribution in [0.25, 0.3) is 0 Å². The van der Waals surface area contributed by atoms with Crippen LogP contribution in [0.2, 0.25) is 0 Å². The first-order chi connectivity index (χ1) is 13.1. The van der Waals surface area contributed by atoms with Gasteiger partial charge in [-0.3, -0.25) is 14.6 Å². The van der Waals surface area contributed by atoms with E-state index in [-0.39, 0.29) is 23.6 Å². The number of amides is 2. The Labute approximate surface area is 160 Å². The van der Waals surface area contributed by atoms with E-state index in [2.05, 4.69) is 17.2 Å². The summed E-state index contributed by atoms with van der Waals surface area (Å²) in [5.74, 6) is -0.303. The zero-order chi connectivity index (χ0) is 19.2. The number of rotatable bonds is 5. The molecule has 2 amide bonds. The summed E-state index contributed by atoms with van der Waals surface area (Å²) in [5, 5.41) is 2.92. The summed E-state index contributed by atoms with van der Waals surface area (Å²) in [6, 6.07) is 11.3. The Morgan fingerprint density at radius 2 is 2.00 bits per heavy atom. The fourth-order valence-electron chi connectivity index (χ4n) is 3.68. The highest BCUT2D eigenvalue weighted by atomic mass is 16.2. The van der Waals surface area contributed by atoms with E-state index in [1.165, 1.54) is 6.42 Å². The van der Waals surface area contributed by atoms with Gasteiger partial charge in [0.15, 0.2) is 0 Å². The average Bonchev–Trinajstić information content (AvgIpc) is 2.73. The van der Waals surface area contributed by atoms with Gasteiger partial charge in [0, 0.05) is 30.0 Å². The molecule has 142 valence electrons. The SMILES string of the molecule is CCc1ccccc1NC(=O)c1cc(C(=O)N2CCCCC2CC)ccn1. The number of carbonyl (C=O) groups is 2. The fraction of sp³-hybridized carbons (Fsp3) is 0.409. The summed E-state index contributed by atoms with van der Waals surface area (Å²) in [6.07, 6.45) is 6.58. The van der Waals surface area contributed by atoms with E-state index in [4.69, 9.17) is 0 Å². The first-order valence-electron chi connectivity index (χ1n) is 9.80. The quantitative estimate of drug-likeness (QED) is 0.859. The van der Waals surface area contributed by atoms with Crippen molar-refractivity contribution < 1.29 is 9.59 Å². The standard InChI is InChI=1S/C22H27N3O2/c1-3-16-9-5-6-11-19(16)24-21(26)20-15-17(12-13-23-20)22(27)25-14-8-7-10-18(25)4-2/h5-6,9,11-13,15,18H,3-4,7-8,10,14H2,1-2H3,(H,24,26). The van der Waals surface area contributed by atoms with Gasteiger partial charge >= 0.3 is 0 Å². The molecule has 1 unspecified atom stereocenters. The molecule has 1 aliphatic heterocycles. The number of nitrogens with zero attached hydrogens (tertiary/aromatic N) is 2. The number of pyridine rings is 1. The van der Waals surface area contributed by atoms with Crippen molar-refractivity contribution in [2.24, 2.45) is 0 Å². The Balaban J connectivity index is 1.78. The highest BCUT2D eigenvalue weighted by molar-refractivity contribution is 6.05. The van der Waals surface area contributed by atoms with Gasteiger partial charge in [-0.15, -0.1) is 0 Å². The van der Waals surface area contributed by atoms with Crippen molar-refractivity contribution in [2.45, 2.75) is 52.0 Å². The largest absolute Gasteiger partial charge is 0.336 e. The minimum atomic E-state index is -0.295. The molecular formula is C22H27N3O2. The van der Waals surface area contributed by atoms with Crippen LogP contribution in [0.3, 0.4) is 0 Å². The lowest BCUT2D eigenvalue weighted by atomic mass is 9.99. The molecule has 1 aliphatic rings. The molecule has 0 saturated carbocycles. The number of likely N-dealkylation sites (tertiary alicyclic amines) is 1. The number of nitrogens with one attached hydrogen (secondary N) is 1. The van der Waals surface area contributed by atoms with Crippen LogP contribution < -0.4 is 5.32 Å². The lowest BCUT2D eigenvalue weighted by molar-refractivity contribution is 0.0608. The highest BCUT2D eigenvalue weighted by Gasteiger charge is 2.26. The van der Waals surface area contributed by atoms with Gasteiger partial charge in [0.25, 0.3) is 11.8 Å². The molecule has 3 rings (SSSR count). The normalized spacial score (nSPS) is 16.8. The highest BCUT2D eigenvalue weighted by Crippen LogP contribution is 2.22. The van der Waals surface area contributed by atoms with Crippen LogP contribution in [-0.4, -0.2) is 34.3 Å². The molecule has 0 aliphatic carbocycles. The van der Waals surface area contributed by atoms with Gasteiger partial charge < -0.3 is 10.2 Å². The second kappa shape index (κ2) is 8.80. The van der Waals surface area contributed by atoms with Crippen LogP contribution in [0.1, 0.15) is 65.9 Å². The third kappa shape index (κ3) is 4.35. The Hall–Kier alpha value is -2.69. The lowest BCUT2D eigenvalue weighted by Crippen LogP contribution is -2.43. The summed E-state index contributed by atoms with van der Waals surface area (Å²) >= 11 is 0. The molecule has 5 nitrogen and oxygen atoms in total. The molecule has 1 aromatic heterocycles. The number of hydrogen-bond donors (Lipinski definition) is 1. The van der Waals surface area contributed by atoms with Crippen molar-refractivity contribution in [1.29, 1.82) is 0 Å². The lowest BCUT2D eigenvalue weighted by Gasteiger charge is -2.35.